The second kappa shape index (κ2) is 6.14. The lowest BCUT2D eigenvalue weighted by Crippen LogP contribution is -2.27. The molecule has 2 heterocycles. The van der Waals surface area contributed by atoms with Crippen LogP contribution >= 0.6 is 0 Å². The van der Waals surface area contributed by atoms with Crippen LogP contribution in [-0.2, 0) is 4.74 Å². The summed E-state index contributed by atoms with van der Waals surface area (Å²) in [4.78, 5) is 10.8. The Morgan fingerprint density at radius 2 is 2.17 bits per heavy atom. The van der Waals surface area contributed by atoms with Crippen LogP contribution in [0.1, 0.15) is 36.9 Å². The van der Waals surface area contributed by atoms with Crippen LogP contribution in [0.4, 0.5) is 5.82 Å². The SMILES string of the molecule is Cc1ncnc(N(C)CCC2CCCCO2)c1C. The Hall–Kier alpha value is -1.16. The fraction of sp³-hybridized carbons (Fsp3) is 0.714. The maximum Gasteiger partial charge on any atom is 0.134 e. The molecule has 1 atom stereocenters. The summed E-state index contributed by atoms with van der Waals surface area (Å²) < 4.78 is 5.76. The quantitative estimate of drug-likeness (QED) is 0.821. The van der Waals surface area contributed by atoms with Crippen LogP contribution < -0.4 is 4.90 Å². The summed E-state index contributed by atoms with van der Waals surface area (Å²) in [5.41, 5.74) is 2.23. The van der Waals surface area contributed by atoms with Gasteiger partial charge in [-0.3, -0.25) is 0 Å². The van der Waals surface area contributed by atoms with Crippen molar-refractivity contribution in [2.45, 2.75) is 45.6 Å². The second-order valence-corrected chi connectivity index (χ2v) is 5.11. The molecule has 1 saturated heterocycles. The van der Waals surface area contributed by atoms with Gasteiger partial charge in [0.1, 0.15) is 12.1 Å². The molecule has 0 aromatic carbocycles. The Morgan fingerprint density at radius 3 is 2.89 bits per heavy atom. The molecule has 100 valence electrons. The van der Waals surface area contributed by atoms with E-state index in [0.29, 0.717) is 6.10 Å². The van der Waals surface area contributed by atoms with E-state index < -0.39 is 0 Å². The number of hydrogen-bond acceptors (Lipinski definition) is 4. The molecule has 1 aliphatic heterocycles. The van der Waals surface area contributed by atoms with Crippen LogP contribution in [0.3, 0.4) is 0 Å². The molecule has 4 heteroatoms. The molecular formula is C14H23N3O. The van der Waals surface area contributed by atoms with Crippen LogP contribution in [-0.4, -0.2) is 36.3 Å². The molecule has 1 unspecified atom stereocenters. The van der Waals surface area contributed by atoms with Gasteiger partial charge in [0.2, 0.25) is 0 Å². The average Bonchev–Trinajstić information content (AvgIpc) is 2.40. The zero-order valence-electron chi connectivity index (χ0n) is 11.6. The van der Waals surface area contributed by atoms with Crippen molar-refractivity contribution in [2.75, 3.05) is 25.1 Å². The topological polar surface area (TPSA) is 38.2 Å². The number of hydrogen-bond donors (Lipinski definition) is 0. The van der Waals surface area contributed by atoms with Crippen molar-refractivity contribution in [3.63, 3.8) is 0 Å². The van der Waals surface area contributed by atoms with E-state index in [0.717, 1.165) is 31.1 Å². The van der Waals surface area contributed by atoms with Crippen molar-refractivity contribution in [1.82, 2.24) is 9.97 Å². The summed E-state index contributed by atoms with van der Waals surface area (Å²) in [5.74, 6) is 1.04. The summed E-state index contributed by atoms with van der Waals surface area (Å²) in [6.07, 6.45) is 6.89. The first-order chi connectivity index (χ1) is 8.68. The van der Waals surface area contributed by atoms with Crippen molar-refractivity contribution < 1.29 is 4.74 Å². The first-order valence-corrected chi connectivity index (χ1v) is 6.79. The average molecular weight is 249 g/mol. The third-order valence-corrected chi connectivity index (χ3v) is 3.73. The van der Waals surface area contributed by atoms with Crippen LogP contribution in [0.15, 0.2) is 6.33 Å². The Morgan fingerprint density at radius 1 is 1.33 bits per heavy atom. The van der Waals surface area contributed by atoms with Crippen LogP contribution in [0, 0.1) is 13.8 Å². The highest BCUT2D eigenvalue weighted by molar-refractivity contribution is 5.46. The van der Waals surface area contributed by atoms with Crippen molar-refractivity contribution in [1.29, 1.82) is 0 Å². The number of ether oxygens (including phenoxy) is 1. The minimum Gasteiger partial charge on any atom is -0.378 e. The van der Waals surface area contributed by atoms with Gasteiger partial charge in [-0.15, -0.1) is 0 Å². The van der Waals surface area contributed by atoms with Crippen LogP contribution in [0.5, 0.6) is 0 Å². The third-order valence-electron chi connectivity index (χ3n) is 3.73. The fourth-order valence-corrected chi connectivity index (χ4v) is 2.39. The molecular weight excluding hydrogens is 226 g/mol. The number of aromatic nitrogens is 2. The van der Waals surface area contributed by atoms with Gasteiger partial charge in [-0.2, -0.15) is 0 Å². The second-order valence-electron chi connectivity index (χ2n) is 5.11. The molecule has 1 fully saturated rings. The third kappa shape index (κ3) is 3.19. The summed E-state index contributed by atoms with van der Waals surface area (Å²) in [6, 6.07) is 0. The van der Waals surface area contributed by atoms with E-state index in [2.05, 4.69) is 28.8 Å². The largest absolute Gasteiger partial charge is 0.378 e. The van der Waals surface area contributed by atoms with Gasteiger partial charge in [0.25, 0.3) is 0 Å². The molecule has 0 bridgehead atoms. The van der Waals surface area contributed by atoms with E-state index in [1.165, 1.54) is 24.8 Å². The smallest absolute Gasteiger partial charge is 0.134 e. The molecule has 0 N–H and O–H groups in total. The molecule has 4 nitrogen and oxygen atoms in total. The van der Waals surface area contributed by atoms with Gasteiger partial charge in [-0.05, 0) is 39.5 Å². The molecule has 1 aromatic heterocycles. The normalized spacial score (nSPS) is 19.8. The van der Waals surface area contributed by atoms with Gasteiger partial charge in [-0.1, -0.05) is 0 Å². The lowest BCUT2D eigenvalue weighted by molar-refractivity contribution is 0.0126. The fourth-order valence-electron chi connectivity index (χ4n) is 2.39. The minimum absolute atomic E-state index is 0.435. The highest BCUT2D eigenvalue weighted by atomic mass is 16.5. The number of anilines is 1. The van der Waals surface area contributed by atoms with E-state index >= 15 is 0 Å². The first kappa shape index (κ1) is 13.3. The van der Waals surface area contributed by atoms with Gasteiger partial charge in [0, 0.05) is 31.5 Å². The van der Waals surface area contributed by atoms with Crippen LogP contribution in [0.25, 0.3) is 0 Å². The van der Waals surface area contributed by atoms with E-state index in [1.807, 2.05) is 6.92 Å². The van der Waals surface area contributed by atoms with E-state index in [-0.39, 0.29) is 0 Å². The standard InChI is InChI=1S/C14H23N3O/c1-11-12(2)15-10-16-14(11)17(3)8-7-13-6-4-5-9-18-13/h10,13H,4-9H2,1-3H3. The van der Waals surface area contributed by atoms with Crippen molar-refractivity contribution >= 4 is 5.82 Å². The van der Waals surface area contributed by atoms with Gasteiger partial charge in [-0.25, -0.2) is 9.97 Å². The zero-order valence-corrected chi connectivity index (χ0v) is 11.6. The molecule has 1 aliphatic rings. The molecule has 0 saturated carbocycles. The highest BCUT2D eigenvalue weighted by Gasteiger charge is 2.15. The number of nitrogens with zero attached hydrogens (tertiary/aromatic N) is 3. The Kier molecular flexibility index (Phi) is 4.53. The Labute approximate surface area is 109 Å². The van der Waals surface area contributed by atoms with E-state index in [4.69, 9.17) is 4.74 Å². The maximum absolute atomic E-state index is 5.76. The lowest BCUT2D eigenvalue weighted by atomic mass is 10.1. The zero-order chi connectivity index (χ0) is 13.0. The molecule has 0 amide bonds. The van der Waals surface area contributed by atoms with E-state index in [1.54, 1.807) is 6.33 Å². The summed E-state index contributed by atoms with van der Waals surface area (Å²) >= 11 is 0. The molecule has 0 spiro atoms. The maximum atomic E-state index is 5.76. The highest BCUT2D eigenvalue weighted by Crippen LogP contribution is 2.19. The molecule has 18 heavy (non-hydrogen) atoms. The van der Waals surface area contributed by atoms with Crippen molar-refractivity contribution in [3.05, 3.63) is 17.6 Å². The van der Waals surface area contributed by atoms with Gasteiger partial charge < -0.3 is 9.64 Å². The number of aryl methyl sites for hydroxylation is 1. The minimum atomic E-state index is 0.435. The van der Waals surface area contributed by atoms with Crippen LogP contribution in [0.2, 0.25) is 0 Å². The molecule has 0 radical (unpaired) electrons. The summed E-state index contributed by atoms with van der Waals surface area (Å²) in [5, 5.41) is 0. The molecule has 0 aliphatic carbocycles. The molecule has 1 aromatic rings. The Balaban J connectivity index is 1.90. The van der Waals surface area contributed by atoms with Gasteiger partial charge in [0.15, 0.2) is 0 Å². The number of rotatable bonds is 4. The first-order valence-electron chi connectivity index (χ1n) is 6.79. The van der Waals surface area contributed by atoms with Gasteiger partial charge >= 0.3 is 0 Å². The van der Waals surface area contributed by atoms with Crippen molar-refractivity contribution in [3.8, 4) is 0 Å². The lowest BCUT2D eigenvalue weighted by Gasteiger charge is -2.26. The predicted molar refractivity (Wildman–Crippen MR) is 73.0 cm³/mol. The van der Waals surface area contributed by atoms with E-state index in [9.17, 15) is 0 Å². The monoisotopic (exact) mass is 249 g/mol. The van der Waals surface area contributed by atoms with Gasteiger partial charge in [0.05, 0.1) is 6.10 Å². The summed E-state index contributed by atoms with van der Waals surface area (Å²) in [7, 11) is 2.09. The van der Waals surface area contributed by atoms with Crippen molar-refractivity contribution in [2.24, 2.45) is 0 Å². The predicted octanol–water partition coefficient (Wildman–Crippen LogP) is 2.49. The Bertz CT molecular complexity index is 389. The molecule has 2 rings (SSSR count). The summed E-state index contributed by atoms with van der Waals surface area (Å²) in [6.45, 7) is 6.03.